The first-order valence-corrected chi connectivity index (χ1v) is 15.5. The van der Waals surface area contributed by atoms with E-state index in [0.29, 0.717) is 18.9 Å². The Morgan fingerprint density at radius 2 is 1.80 bits per heavy atom. The summed E-state index contributed by atoms with van der Waals surface area (Å²) in [6.07, 6.45) is -0.151. The van der Waals surface area contributed by atoms with Crippen molar-refractivity contribution in [2.75, 3.05) is 13.1 Å². The smallest absolute Gasteiger partial charge is 0.349 e. The largest absolute Gasteiger partial charge is 0.416 e. The molecule has 0 radical (unpaired) electrons. The first-order valence-electron chi connectivity index (χ1n) is 14.0. The molecule has 1 unspecified atom stereocenters. The molecule has 0 bridgehead atoms. The number of amides is 1. The van der Waals surface area contributed by atoms with E-state index in [4.69, 9.17) is 0 Å². The summed E-state index contributed by atoms with van der Waals surface area (Å²) in [7, 11) is -4.20. The molecule has 1 heterocycles. The third-order valence-electron chi connectivity index (χ3n) is 7.60. The number of nitrogens with one attached hydrogen (secondary N) is 2. The minimum absolute atomic E-state index is 0.0289. The predicted octanol–water partition coefficient (Wildman–Crippen LogP) is 5.97. The summed E-state index contributed by atoms with van der Waals surface area (Å²) in [5.41, 5.74) is 2.70. The van der Waals surface area contributed by atoms with Gasteiger partial charge in [-0.15, -0.1) is 0 Å². The highest BCUT2D eigenvalue weighted by Gasteiger charge is 2.37. The zero-order valence-corrected chi connectivity index (χ0v) is 24.3. The van der Waals surface area contributed by atoms with Crippen molar-refractivity contribution in [2.24, 2.45) is 5.41 Å². The van der Waals surface area contributed by atoms with Crippen molar-refractivity contribution in [3.05, 3.63) is 64.7 Å². The van der Waals surface area contributed by atoms with Crippen LogP contribution in [0.25, 0.3) is 0 Å². The van der Waals surface area contributed by atoms with Crippen LogP contribution in [0.2, 0.25) is 0 Å². The average molecular weight is 580 g/mol. The normalized spacial score (nSPS) is 20.6. The average Bonchev–Trinajstić information content (AvgIpc) is 2.88. The van der Waals surface area contributed by atoms with Crippen LogP contribution in [0.5, 0.6) is 0 Å². The Morgan fingerprint density at radius 1 is 1.02 bits per heavy atom. The van der Waals surface area contributed by atoms with Crippen molar-refractivity contribution in [2.45, 2.75) is 95.4 Å². The second-order valence-corrected chi connectivity index (χ2v) is 14.1. The lowest BCUT2D eigenvalue weighted by atomic mass is 9.86. The maximum Gasteiger partial charge on any atom is 0.416 e. The van der Waals surface area contributed by atoms with Crippen LogP contribution in [0.3, 0.4) is 0 Å². The van der Waals surface area contributed by atoms with E-state index >= 15 is 0 Å². The van der Waals surface area contributed by atoms with Crippen molar-refractivity contribution >= 4 is 15.9 Å². The van der Waals surface area contributed by atoms with Crippen molar-refractivity contribution in [1.29, 1.82) is 0 Å². The van der Waals surface area contributed by atoms with Crippen LogP contribution in [0, 0.1) is 5.41 Å². The van der Waals surface area contributed by atoms with E-state index in [9.17, 15) is 26.4 Å². The molecule has 1 aliphatic carbocycles. The summed E-state index contributed by atoms with van der Waals surface area (Å²) < 4.78 is 67.7. The van der Waals surface area contributed by atoms with Crippen molar-refractivity contribution in [3.63, 3.8) is 0 Å². The molecule has 2 N–H and O–H groups in total. The van der Waals surface area contributed by atoms with Gasteiger partial charge in [0.25, 0.3) is 0 Å². The number of alkyl halides is 3. The van der Waals surface area contributed by atoms with Gasteiger partial charge >= 0.3 is 6.18 Å². The number of halogens is 3. The maximum atomic E-state index is 13.4. The fourth-order valence-corrected chi connectivity index (χ4v) is 7.38. The molecule has 10 heteroatoms. The number of hydrogen-bond donors (Lipinski definition) is 2. The summed E-state index contributed by atoms with van der Waals surface area (Å²) >= 11 is 0. The predicted molar refractivity (Wildman–Crippen MR) is 149 cm³/mol. The number of carbonyl (C=O) groups excluding carboxylic acids is 1. The van der Waals surface area contributed by atoms with Crippen LogP contribution < -0.4 is 10.6 Å². The molecule has 0 saturated carbocycles. The van der Waals surface area contributed by atoms with E-state index in [-0.39, 0.29) is 30.3 Å². The number of benzene rings is 2. The van der Waals surface area contributed by atoms with Gasteiger partial charge in [0.1, 0.15) is 0 Å². The Kier molecular flexibility index (Phi) is 9.31. The summed E-state index contributed by atoms with van der Waals surface area (Å²) in [5, 5.41) is 6.62. The van der Waals surface area contributed by atoms with Crippen LogP contribution in [0.4, 0.5) is 13.2 Å². The van der Waals surface area contributed by atoms with E-state index in [0.717, 1.165) is 56.5 Å². The van der Waals surface area contributed by atoms with E-state index in [1.165, 1.54) is 21.5 Å². The van der Waals surface area contributed by atoms with Gasteiger partial charge in [-0.2, -0.15) is 17.5 Å². The Morgan fingerprint density at radius 3 is 2.52 bits per heavy atom. The molecule has 4 rings (SSSR count). The van der Waals surface area contributed by atoms with Gasteiger partial charge in [0.2, 0.25) is 15.9 Å². The third-order valence-corrected chi connectivity index (χ3v) is 9.55. The maximum absolute atomic E-state index is 13.4. The zero-order chi connectivity index (χ0) is 29.1. The molecule has 0 aromatic heterocycles. The molecule has 2 aliphatic rings. The molecule has 1 fully saturated rings. The van der Waals surface area contributed by atoms with Crippen molar-refractivity contribution in [1.82, 2.24) is 14.9 Å². The van der Waals surface area contributed by atoms with E-state index in [1.807, 2.05) is 0 Å². The molecule has 1 amide bonds. The minimum atomic E-state index is -4.65. The Hall–Kier alpha value is -2.43. The second kappa shape index (κ2) is 12.2. The molecule has 2 aromatic carbocycles. The van der Waals surface area contributed by atoms with Gasteiger partial charge in [-0.05, 0) is 72.4 Å². The number of hydrogen-bond acceptors (Lipinski definition) is 4. The highest BCUT2D eigenvalue weighted by molar-refractivity contribution is 7.89. The molecule has 2 atom stereocenters. The van der Waals surface area contributed by atoms with Crippen LogP contribution in [0.15, 0.2) is 47.4 Å². The lowest BCUT2D eigenvalue weighted by molar-refractivity contribution is -0.137. The van der Waals surface area contributed by atoms with Gasteiger partial charge in [0.05, 0.1) is 16.5 Å². The van der Waals surface area contributed by atoms with Crippen LogP contribution in [0.1, 0.15) is 87.6 Å². The monoisotopic (exact) mass is 579 g/mol. The van der Waals surface area contributed by atoms with Gasteiger partial charge in [0.15, 0.2) is 0 Å². The number of aryl methyl sites for hydroxylation is 1. The third kappa shape index (κ3) is 7.64. The summed E-state index contributed by atoms with van der Waals surface area (Å²) in [4.78, 5) is 12.8. The Balaban J connectivity index is 1.43. The van der Waals surface area contributed by atoms with Gasteiger partial charge in [-0.1, -0.05) is 51.5 Å². The number of fused-ring (bicyclic) bond motifs is 1. The second-order valence-electron chi connectivity index (χ2n) is 12.2. The number of piperidine rings is 1. The highest BCUT2D eigenvalue weighted by Crippen LogP contribution is 2.34. The van der Waals surface area contributed by atoms with Gasteiger partial charge < -0.3 is 10.6 Å². The number of nitrogens with zero attached hydrogens (tertiary/aromatic N) is 1. The van der Waals surface area contributed by atoms with Crippen LogP contribution in [-0.4, -0.2) is 37.8 Å². The van der Waals surface area contributed by atoms with Crippen molar-refractivity contribution in [3.8, 4) is 0 Å². The van der Waals surface area contributed by atoms with Gasteiger partial charge in [-0.3, -0.25) is 4.79 Å². The van der Waals surface area contributed by atoms with E-state index in [2.05, 4.69) is 49.6 Å². The molecule has 0 spiro atoms. The van der Waals surface area contributed by atoms with E-state index in [1.54, 1.807) is 0 Å². The fourth-order valence-electron chi connectivity index (χ4n) is 5.64. The molecular weight excluding hydrogens is 539 g/mol. The topological polar surface area (TPSA) is 78.5 Å². The first-order chi connectivity index (χ1) is 18.7. The lowest BCUT2D eigenvalue weighted by Gasteiger charge is -2.35. The Bertz CT molecular complexity index is 1310. The van der Waals surface area contributed by atoms with Gasteiger partial charge in [-0.25, -0.2) is 8.42 Å². The summed E-state index contributed by atoms with van der Waals surface area (Å²) in [6.45, 7) is 8.42. The molecular formula is C30H40F3N3O3S. The number of carbonyl (C=O) groups is 1. The number of rotatable bonds is 8. The summed E-state index contributed by atoms with van der Waals surface area (Å²) in [5.74, 6) is -0.245. The SMILES string of the molecule is CC(C)(C)CNCc1ccc2c(c1)CCC[C@H]2NC(=O)CC1CCCCN1S(=O)(=O)c1cccc(C(F)(F)F)c1. The quantitative estimate of drug-likeness (QED) is 0.404. The van der Waals surface area contributed by atoms with Gasteiger partial charge in [0, 0.05) is 32.1 Å². The summed E-state index contributed by atoms with van der Waals surface area (Å²) in [6, 6.07) is 9.43. The first kappa shape index (κ1) is 30.5. The molecule has 2 aromatic rings. The minimum Gasteiger partial charge on any atom is -0.349 e. The Labute approximate surface area is 235 Å². The van der Waals surface area contributed by atoms with E-state index < -0.39 is 32.7 Å². The molecule has 40 heavy (non-hydrogen) atoms. The molecule has 1 aliphatic heterocycles. The lowest BCUT2D eigenvalue weighted by Crippen LogP contribution is -2.46. The molecule has 6 nitrogen and oxygen atoms in total. The standard InChI is InChI=1S/C30H40F3N3O3S/c1-29(2,3)20-34-19-21-13-14-26-22(16-21)8-6-12-27(26)35-28(37)18-24-10-4-5-15-36(24)40(38,39)25-11-7-9-23(17-25)30(31,32)33/h7,9,11,13-14,16-17,24,27,34H,4-6,8,10,12,15,18-20H2,1-3H3,(H,35,37)/t24?,27-/m1/s1. The highest BCUT2D eigenvalue weighted by atomic mass is 32.2. The van der Waals surface area contributed by atoms with Crippen LogP contribution >= 0.6 is 0 Å². The van der Waals surface area contributed by atoms with Crippen LogP contribution in [-0.2, 0) is 34.0 Å². The zero-order valence-electron chi connectivity index (χ0n) is 23.5. The fraction of sp³-hybridized carbons (Fsp3) is 0.567. The van der Waals surface area contributed by atoms with Crippen molar-refractivity contribution < 1.29 is 26.4 Å². The molecule has 220 valence electrons. The molecule has 1 saturated heterocycles. The number of sulfonamides is 1.